The summed E-state index contributed by atoms with van der Waals surface area (Å²) in [6.07, 6.45) is 1.14. The van der Waals surface area contributed by atoms with E-state index >= 15 is 0 Å². The number of ether oxygens (including phenoxy) is 1. The normalized spacial score (nSPS) is 11.0. The first-order chi connectivity index (χ1) is 11.7. The van der Waals surface area contributed by atoms with Crippen LogP contribution in [0.4, 0.5) is 11.4 Å². The van der Waals surface area contributed by atoms with E-state index in [2.05, 4.69) is 5.32 Å². The Kier molecular flexibility index (Phi) is 5.69. The third-order valence-electron chi connectivity index (χ3n) is 3.72. The highest BCUT2D eigenvalue weighted by Gasteiger charge is 2.16. The zero-order valence-corrected chi connectivity index (χ0v) is 15.6. The van der Waals surface area contributed by atoms with E-state index in [4.69, 9.17) is 4.74 Å². The van der Waals surface area contributed by atoms with Crippen LogP contribution < -0.4 is 14.4 Å². The molecule has 0 radical (unpaired) electrons. The first-order valence-corrected chi connectivity index (χ1v) is 9.66. The highest BCUT2D eigenvalue weighted by atomic mass is 32.2. The highest BCUT2D eigenvalue weighted by Crippen LogP contribution is 2.23. The van der Waals surface area contributed by atoms with Crippen LogP contribution in [0.5, 0.6) is 5.75 Å². The lowest BCUT2D eigenvalue weighted by atomic mass is 10.1. The van der Waals surface area contributed by atoms with Gasteiger partial charge in [-0.1, -0.05) is 0 Å². The standard InChI is InChI=1S/C18H22N2O4S/c1-5-24-16-9-7-15(8-10-16)19-18(21)14-6-11-17(13(2)12-14)20(3)25(4,22)23/h6-12H,5H2,1-4H3,(H,19,21). The fourth-order valence-corrected chi connectivity index (χ4v) is 2.90. The Balaban J connectivity index is 2.16. The molecule has 0 aliphatic heterocycles. The van der Waals surface area contributed by atoms with Crippen LogP contribution in [-0.2, 0) is 10.0 Å². The van der Waals surface area contributed by atoms with Gasteiger partial charge in [-0.3, -0.25) is 9.10 Å². The van der Waals surface area contributed by atoms with Gasteiger partial charge in [0.2, 0.25) is 10.0 Å². The minimum absolute atomic E-state index is 0.263. The van der Waals surface area contributed by atoms with Crippen molar-refractivity contribution in [2.24, 2.45) is 0 Å². The Bertz CT molecular complexity index is 861. The number of hydrogen-bond acceptors (Lipinski definition) is 4. The zero-order chi connectivity index (χ0) is 18.6. The molecule has 6 nitrogen and oxygen atoms in total. The number of amides is 1. The van der Waals surface area contributed by atoms with Crippen LogP contribution in [0.2, 0.25) is 0 Å². The molecule has 1 amide bonds. The number of benzene rings is 2. The average Bonchev–Trinajstić information content (AvgIpc) is 2.55. The molecule has 0 aliphatic rings. The maximum atomic E-state index is 12.4. The topological polar surface area (TPSA) is 75.7 Å². The fraction of sp³-hybridized carbons (Fsp3) is 0.278. The second-order valence-electron chi connectivity index (χ2n) is 5.64. The molecule has 2 aromatic rings. The minimum Gasteiger partial charge on any atom is -0.494 e. The second kappa shape index (κ2) is 7.57. The summed E-state index contributed by atoms with van der Waals surface area (Å²) in [5, 5.41) is 2.81. The maximum Gasteiger partial charge on any atom is 0.255 e. The molecule has 0 aromatic heterocycles. The summed E-state index contributed by atoms with van der Waals surface area (Å²) in [7, 11) is -1.86. The first-order valence-electron chi connectivity index (χ1n) is 7.81. The van der Waals surface area contributed by atoms with Crippen LogP contribution in [0.3, 0.4) is 0 Å². The van der Waals surface area contributed by atoms with Gasteiger partial charge >= 0.3 is 0 Å². The van der Waals surface area contributed by atoms with E-state index in [1.54, 1.807) is 49.4 Å². The number of nitrogens with one attached hydrogen (secondary N) is 1. The molecule has 0 spiro atoms. The van der Waals surface area contributed by atoms with Gasteiger partial charge in [-0.25, -0.2) is 8.42 Å². The number of nitrogens with zero attached hydrogens (tertiary/aromatic N) is 1. The van der Waals surface area contributed by atoms with Gasteiger partial charge in [0, 0.05) is 18.3 Å². The van der Waals surface area contributed by atoms with Gasteiger partial charge < -0.3 is 10.1 Å². The van der Waals surface area contributed by atoms with Gasteiger partial charge in [0.15, 0.2) is 0 Å². The van der Waals surface area contributed by atoms with Crippen molar-refractivity contribution in [2.75, 3.05) is 29.5 Å². The van der Waals surface area contributed by atoms with Gasteiger partial charge in [-0.2, -0.15) is 0 Å². The predicted molar refractivity (Wildman–Crippen MR) is 100.0 cm³/mol. The Morgan fingerprint density at radius 3 is 2.32 bits per heavy atom. The van der Waals surface area contributed by atoms with Crippen LogP contribution in [0.15, 0.2) is 42.5 Å². The Morgan fingerprint density at radius 2 is 1.80 bits per heavy atom. The van der Waals surface area contributed by atoms with Crippen molar-refractivity contribution in [1.29, 1.82) is 0 Å². The van der Waals surface area contributed by atoms with E-state index in [9.17, 15) is 13.2 Å². The van der Waals surface area contributed by atoms with Crippen LogP contribution >= 0.6 is 0 Å². The molecule has 0 heterocycles. The number of aryl methyl sites for hydroxylation is 1. The number of hydrogen-bond donors (Lipinski definition) is 1. The minimum atomic E-state index is -3.35. The van der Waals surface area contributed by atoms with Crippen molar-refractivity contribution in [1.82, 2.24) is 0 Å². The Labute approximate surface area is 148 Å². The number of anilines is 2. The second-order valence-corrected chi connectivity index (χ2v) is 7.66. The molecule has 0 saturated carbocycles. The number of rotatable bonds is 6. The summed E-state index contributed by atoms with van der Waals surface area (Å²) < 4.78 is 29.9. The molecule has 0 unspecified atom stereocenters. The van der Waals surface area contributed by atoms with Gasteiger partial charge in [0.1, 0.15) is 5.75 Å². The lowest BCUT2D eigenvalue weighted by Gasteiger charge is -2.19. The quantitative estimate of drug-likeness (QED) is 0.857. The molecular formula is C18H22N2O4S. The molecule has 2 aromatic carbocycles. The molecule has 1 N–H and O–H groups in total. The lowest BCUT2D eigenvalue weighted by molar-refractivity contribution is 0.102. The predicted octanol–water partition coefficient (Wildman–Crippen LogP) is 3.04. The molecule has 0 atom stereocenters. The van der Waals surface area contributed by atoms with E-state index < -0.39 is 10.0 Å². The molecule has 0 aliphatic carbocycles. The summed E-state index contributed by atoms with van der Waals surface area (Å²) in [5.74, 6) is 0.477. The molecule has 0 saturated heterocycles. The number of carbonyl (C=O) groups excluding carboxylic acids is 1. The molecule has 7 heteroatoms. The molecule has 2 rings (SSSR count). The van der Waals surface area contributed by atoms with Crippen molar-refractivity contribution in [3.8, 4) is 5.75 Å². The highest BCUT2D eigenvalue weighted by molar-refractivity contribution is 7.92. The summed E-state index contributed by atoms with van der Waals surface area (Å²) in [6.45, 7) is 4.26. The largest absolute Gasteiger partial charge is 0.494 e. The van der Waals surface area contributed by atoms with Crippen molar-refractivity contribution in [3.05, 3.63) is 53.6 Å². The maximum absolute atomic E-state index is 12.4. The first kappa shape index (κ1) is 18.8. The lowest BCUT2D eigenvalue weighted by Crippen LogP contribution is -2.25. The van der Waals surface area contributed by atoms with Crippen molar-refractivity contribution in [3.63, 3.8) is 0 Å². The molecule has 134 valence electrons. The van der Waals surface area contributed by atoms with E-state index in [-0.39, 0.29) is 5.91 Å². The third-order valence-corrected chi connectivity index (χ3v) is 4.91. The van der Waals surface area contributed by atoms with E-state index in [1.165, 1.54) is 11.4 Å². The third kappa shape index (κ3) is 4.73. The number of carbonyl (C=O) groups is 1. The van der Waals surface area contributed by atoms with Crippen molar-refractivity contribution in [2.45, 2.75) is 13.8 Å². The van der Waals surface area contributed by atoms with E-state index in [1.807, 2.05) is 6.92 Å². The summed E-state index contributed by atoms with van der Waals surface area (Å²) >= 11 is 0. The Morgan fingerprint density at radius 1 is 1.16 bits per heavy atom. The molecule has 25 heavy (non-hydrogen) atoms. The smallest absolute Gasteiger partial charge is 0.255 e. The van der Waals surface area contributed by atoms with E-state index in [0.717, 1.165) is 12.0 Å². The van der Waals surface area contributed by atoms with E-state index in [0.29, 0.717) is 29.1 Å². The average molecular weight is 362 g/mol. The molecule has 0 fully saturated rings. The zero-order valence-electron chi connectivity index (χ0n) is 14.7. The SMILES string of the molecule is CCOc1ccc(NC(=O)c2ccc(N(C)S(C)(=O)=O)c(C)c2)cc1. The van der Waals surface area contributed by atoms with Crippen molar-refractivity contribution < 1.29 is 17.9 Å². The van der Waals surface area contributed by atoms with Gasteiger partial charge in [-0.15, -0.1) is 0 Å². The molecule has 0 bridgehead atoms. The number of sulfonamides is 1. The summed E-state index contributed by atoms with van der Waals surface area (Å²) in [5.41, 5.74) is 2.35. The van der Waals surface area contributed by atoms with Crippen LogP contribution in [0, 0.1) is 6.92 Å². The van der Waals surface area contributed by atoms with Crippen LogP contribution in [-0.4, -0.2) is 34.2 Å². The van der Waals surface area contributed by atoms with Gasteiger partial charge in [0.25, 0.3) is 5.91 Å². The fourth-order valence-electron chi connectivity index (χ4n) is 2.33. The van der Waals surface area contributed by atoms with Crippen molar-refractivity contribution >= 4 is 27.3 Å². The summed E-state index contributed by atoms with van der Waals surface area (Å²) in [4.78, 5) is 12.4. The van der Waals surface area contributed by atoms with Crippen LogP contribution in [0.25, 0.3) is 0 Å². The van der Waals surface area contributed by atoms with Gasteiger partial charge in [0.05, 0.1) is 18.6 Å². The monoisotopic (exact) mass is 362 g/mol. The van der Waals surface area contributed by atoms with Crippen LogP contribution in [0.1, 0.15) is 22.8 Å². The Hall–Kier alpha value is -2.54. The van der Waals surface area contributed by atoms with Gasteiger partial charge in [-0.05, 0) is 61.9 Å². The summed E-state index contributed by atoms with van der Waals surface area (Å²) in [6, 6.07) is 12.0. The molecular weight excluding hydrogens is 340 g/mol.